The van der Waals surface area contributed by atoms with Gasteiger partial charge in [0.1, 0.15) is 5.01 Å². The largest absolute Gasteiger partial charge is 0.346 e. The number of amides is 1. The summed E-state index contributed by atoms with van der Waals surface area (Å²) >= 11 is 1.52. The maximum atomic E-state index is 12.2. The Labute approximate surface area is 168 Å². The molecule has 1 heterocycles. The molecule has 1 aromatic heterocycles. The highest BCUT2D eigenvalue weighted by atomic mass is 32.2. The molecule has 6 nitrogen and oxygen atoms in total. The van der Waals surface area contributed by atoms with E-state index in [1.54, 1.807) is 30.3 Å². The topological polar surface area (TPSA) is 79.4 Å². The Balaban J connectivity index is 1.65. The Morgan fingerprint density at radius 2 is 1.82 bits per heavy atom. The minimum absolute atomic E-state index is 0.218. The molecule has 3 aromatic rings. The molecular formula is C20H21N3O3S2. The molecule has 0 saturated heterocycles. The zero-order valence-electron chi connectivity index (χ0n) is 15.8. The second kappa shape index (κ2) is 8.22. The first-order valence-corrected chi connectivity index (χ1v) is 10.9. The third kappa shape index (κ3) is 4.46. The first kappa shape index (κ1) is 20.2. The van der Waals surface area contributed by atoms with Gasteiger partial charge in [-0.3, -0.25) is 4.79 Å². The standard InChI is InChI=1S/C20H21N3O3S2/c1-14(15-8-10-16(11-9-15)28(25,26)23(2)3)21-19(24)12-13-20-22-17-6-4-5-7-18(17)27-20/h4-14H,1-3H3,(H,21,24)/b13-12+. The zero-order valence-corrected chi connectivity index (χ0v) is 17.4. The van der Waals surface area contributed by atoms with Crippen LogP contribution in [0.5, 0.6) is 0 Å². The van der Waals surface area contributed by atoms with Crippen LogP contribution in [-0.2, 0) is 14.8 Å². The number of benzene rings is 2. The van der Waals surface area contributed by atoms with Gasteiger partial charge in [0.2, 0.25) is 15.9 Å². The van der Waals surface area contributed by atoms with E-state index in [9.17, 15) is 13.2 Å². The summed E-state index contributed by atoms with van der Waals surface area (Å²) in [6, 6.07) is 14.1. The quantitative estimate of drug-likeness (QED) is 0.626. The highest BCUT2D eigenvalue weighted by Gasteiger charge is 2.17. The minimum Gasteiger partial charge on any atom is -0.346 e. The molecule has 2 aromatic carbocycles. The van der Waals surface area contributed by atoms with Crippen LogP contribution in [0, 0.1) is 0 Å². The first-order valence-electron chi connectivity index (χ1n) is 8.64. The lowest BCUT2D eigenvalue weighted by molar-refractivity contribution is -0.117. The van der Waals surface area contributed by atoms with Gasteiger partial charge in [-0.15, -0.1) is 11.3 Å². The van der Waals surface area contributed by atoms with Crippen molar-refractivity contribution in [3.05, 3.63) is 65.2 Å². The second-order valence-corrected chi connectivity index (χ2v) is 9.65. The van der Waals surface area contributed by atoms with Crippen molar-refractivity contribution >= 4 is 43.6 Å². The average Bonchev–Trinajstić information content (AvgIpc) is 3.09. The molecule has 1 N–H and O–H groups in total. The molecule has 0 bridgehead atoms. The Kier molecular flexibility index (Phi) is 5.93. The van der Waals surface area contributed by atoms with Crippen LogP contribution in [0.25, 0.3) is 16.3 Å². The molecule has 0 radical (unpaired) electrons. The van der Waals surface area contributed by atoms with Crippen molar-refractivity contribution < 1.29 is 13.2 Å². The average molecular weight is 416 g/mol. The summed E-state index contributed by atoms with van der Waals surface area (Å²) in [6.07, 6.45) is 3.15. The van der Waals surface area contributed by atoms with Crippen molar-refractivity contribution in [2.45, 2.75) is 17.9 Å². The summed E-state index contributed by atoms with van der Waals surface area (Å²) in [5, 5.41) is 3.64. The zero-order chi connectivity index (χ0) is 20.3. The Morgan fingerprint density at radius 1 is 1.14 bits per heavy atom. The van der Waals surface area contributed by atoms with Crippen molar-refractivity contribution in [2.75, 3.05) is 14.1 Å². The van der Waals surface area contributed by atoms with Gasteiger partial charge in [0.05, 0.1) is 21.2 Å². The molecule has 3 rings (SSSR count). The van der Waals surface area contributed by atoms with Gasteiger partial charge in [-0.05, 0) is 42.8 Å². The fraction of sp³-hybridized carbons (Fsp3) is 0.200. The predicted octanol–water partition coefficient (Wildman–Crippen LogP) is 3.44. The van der Waals surface area contributed by atoms with Crippen LogP contribution in [0.3, 0.4) is 0 Å². The van der Waals surface area contributed by atoms with Gasteiger partial charge in [-0.1, -0.05) is 24.3 Å². The number of para-hydroxylation sites is 1. The summed E-state index contributed by atoms with van der Waals surface area (Å²) in [6.45, 7) is 1.85. The van der Waals surface area contributed by atoms with E-state index in [0.717, 1.165) is 20.8 Å². The number of nitrogens with zero attached hydrogens (tertiary/aromatic N) is 2. The monoisotopic (exact) mass is 415 g/mol. The van der Waals surface area contributed by atoms with Gasteiger partial charge >= 0.3 is 0 Å². The number of carbonyl (C=O) groups excluding carboxylic acids is 1. The molecule has 0 fully saturated rings. The van der Waals surface area contributed by atoms with E-state index in [1.807, 2.05) is 31.2 Å². The lowest BCUT2D eigenvalue weighted by Gasteiger charge is -2.15. The van der Waals surface area contributed by atoms with E-state index in [1.165, 1.54) is 35.8 Å². The summed E-state index contributed by atoms with van der Waals surface area (Å²) in [4.78, 5) is 16.9. The van der Waals surface area contributed by atoms with Crippen molar-refractivity contribution in [3.63, 3.8) is 0 Å². The van der Waals surface area contributed by atoms with Crippen LogP contribution < -0.4 is 5.32 Å². The van der Waals surface area contributed by atoms with E-state index < -0.39 is 10.0 Å². The molecule has 0 aliphatic rings. The number of hydrogen-bond acceptors (Lipinski definition) is 5. The number of thiazole rings is 1. The van der Waals surface area contributed by atoms with E-state index in [4.69, 9.17) is 0 Å². The fourth-order valence-electron chi connectivity index (χ4n) is 2.59. The maximum absolute atomic E-state index is 12.2. The van der Waals surface area contributed by atoms with E-state index >= 15 is 0 Å². The molecule has 0 spiro atoms. The normalized spacial score (nSPS) is 13.3. The number of carbonyl (C=O) groups is 1. The van der Waals surface area contributed by atoms with Crippen molar-refractivity contribution in [2.24, 2.45) is 0 Å². The van der Waals surface area contributed by atoms with Crippen LogP contribution >= 0.6 is 11.3 Å². The molecule has 28 heavy (non-hydrogen) atoms. The van der Waals surface area contributed by atoms with Crippen molar-refractivity contribution in [1.82, 2.24) is 14.6 Å². The number of nitrogens with one attached hydrogen (secondary N) is 1. The van der Waals surface area contributed by atoms with Gasteiger partial charge < -0.3 is 5.32 Å². The van der Waals surface area contributed by atoms with Crippen LogP contribution in [0.15, 0.2) is 59.5 Å². The maximum Gasteiger partial charge on any atom is 0.244 e. The molecule has 1 atom stereocenters. The third-order valence-corrected chi connectivity index (χ3v) is 7.04. The smallest absolute Gasteiger partial charge is 0.244 e. The van der Waals surface area contributed by atoms with Gasteiger partial charge in [0.15, 0.2) is 0 Å². The predicted molar refractivity (Wildman–Crippen MR) is 113 cm³/mol. The molecule has 8 heteroatoms. The lowest BCUT2D eigenvalue weighted by Crippen LogP contribution is -2.25. The number of fused-ring (bicyclic) bond motifs is 1. The molecule has 1 unspecified atom stereocenters. The second-order valence-electron chi connectivity index (χ2n) is 6.44. The molecule has 0 aliphatic carbocycles. The summed E-state index contributed by atoms with van der Waals surface area (Å²) < 4.78 is 26.5. The lowest BCUT2D eigenvalue weighted by atomic mass is 10.1. The van der Waals surface area contributed by atoms with Gasteiger partial charge in [0.25, 0.3) is 0 Å². The molecular weight excluding hydrogens is 394 g/mol. The molecule has 146 valence electrons. The third-order valence-electron chi connectivity index (χ3n) is 4.21. The highest BCUT2D eigenvalue weighted by molar-refractivity contribution is 7.89. The highest BCUT2D eigenvalue weighted by Crippen LogP contribution is 2.22. The van der Waals surface area contributed by atoms with E-state index in [2.05, 4.69) is 10.3 Å². The fourth-order valence-corrected chi connectivity index (χ4v) is 4.36. The number of rotatable bonds is 6. The van der Waals surface area contributed by atoms with Gasteiger partial charge in [-0.2, -0.15) is 0 Å². The summed E-state index contributed by atoms with van der Waals surface area (Å²) in [7, 11) is -0.484. The minimum atomic E-state index is -3.46. The van der Waals surface area contributed by atoms with Crippen molar-refractivity contribution in [3.8, 4) is 0 Å². The number of hydrogen-bond donors (Lipinski definition) is 1. The Bertz CT molecular complexity index is 1080. The van der Waals surface area contributed by atoms with Gasteiger partial charge in [0, 0.05) is 20.2 Å². The summed E-state index contributed by atoms with van der Waals surface area (Å²) in [5.74, 6) is -0.239. The Hall–Kier alpha value is -2.55. The van der Waals surface area contributed by atoms with Gasteiger partial charge in [-0.25, -0.2) is 17.7 Å². The SMILES string of the molecule is CC(NC(=O)/C=C/c1nc2ccccc2s1)c1ccc(S(=O)(=O)N(C)C)cc1. The number of sulfonamides is 1. The van der Waals surface area contributed by atoms with E-state index in [0.29, 0.717) is 0 Å². The molecule has 0 saturated carbocycles. The first-order chi connectivity index (χ1) is 13.3. The summed E-state index contributed by atoms with van der Waals surface area (Å²) in [5.41, 5.74) is 1.73. The van der Waals surface area contributed by atoms with Crippen LogP contribution in [0.4, 0.5) is 0 Å². The molecule has 1 amide bonds. The van der Waals surface area contributed by atoms with E-state index in [-0.39, 0.29) is 16.8 Å². The van der Waals surface area contributed by atoms with Crippen molar-refractivity contribution in [1.29, 1.82) is 0 Å². The van der Waals surface area contributed by atoms with Crippen LogP contribution in [0.1, 0.15) is 23.5 Å². The van der Waals surface area contributed by atoms with Crippen LogP contribution in [0.2, 0.25) is 0 Å². The molecule has 0 aliphatic heterocycles. The van der Waals surface area contributed by atoms with Crippen LogP contribution in [-0.4, -0.2) is 37.7 Å². The number of aromatic nitrogens is 1. The Morgan fingerprint density at radius 3 is 2.46 bits per heavy atom.